The molecule has 9 rings (SSSR count). The third-order valence-electron chi connectivity index (χ3n) is 11.9. The second kappa shape index (κ2) is 17.7. The molecule has 0 saturated heterocycles. The van der Waals surface area contributed by atoms with Gasteiger partial charge in [-0.15, -0.1) is 0 Å². The van der Waals surface area contributed by atoms with Crippen molar-refractivity contribution in [2.24, 2.45) is 0 Å². The number of fused-ring (bicyclic) bond motifs is 20. The van der Waals surface area contributed by atoms with Crippen LogP contribution in [0.1, 0.15) is 0 Å². The SMILES string of the molecule is C[N+](C)(C)CCOc1cccc2c1-c1nc-2nc2[nH]c(nc3nc(nc4[nH]c(n1)c1cccc(OCC[N+](C)(C)C)c41)-c1cccc(OCC[N+](C)(C)C)c1-3)c1cccc(OCC[N+](C)(C)C)c21. The van der Waals surface area contributed by atoms with Gasteiger partial charge in [0.05, 0.1) is 106 Å². The summed E-state index contributed by atoms with van der Waals surface area (Å²) in [6, 6.07) is 23.9. The molecular weight excluding hydrogens is 857 g/mol. The summed E-state index contributed by atoms with van der Waals surface area (Å²) < 4.78 is 29.4. The number of quaternary nitrogens is 4. The van der Waals surface area contributed by atoms with Crippen LogP contribution in [0.3, 0.4) is 0 Å². The van der Waals surface area contributed by atoms with Crippen LogP contribution in [0.2, 0.25) is 0 Å². The molecule has 0 saturated carbocycles. The zero-order valence-corrected chi connectivity index (χ0v) is 41.7. The molecule has 0 radical (unpaired) electrons. The Labute approximate surface area is 398 Å². The maximum absolute atomic E-state index is 6.59. The Morgan fingerprint density at radius 3 is 1.01 bits per heavy atom. The van der Waals surface area contributed by atoms with Gasteiger partial charge in [-0.05, 0) is 24.3 Å². The van der Waals surface area contributed by atoms with Crippen molar-refractivity contribution in [1.29, 1.82) is 0 Å². The van der Waals surface area contributed by atoms with E-state index in [2.05, 4.69) is 94.5 Å². The van der Waals surface area contributed by atoms with E-state index in [9.17, 15) is 0 Å². The number of aromatic nitrogens is 8. The summed E-state index contributed by atoms with van der Waals surface area (Å²) in [6.45, 7) is 5.17. The van der Waals surface area contributed by atoms with Gasteiger partial charge in [-0.1, -0.05) is 48.5 Å². The molecule has 7 aromatic rings. The maximum atomic E-state index is 6.59. The minimum atomic E-state index is 0.452. The third-order valence-corrected chi connectivity index (χ3v) is 11.9. The topological polar surface area (TPSA) is 146 Å². The van der Waals surface area contributed by atoms with Crippen molar-refractivity contribution in [3.05, 3.63) is 72.8 Å². The number of nitrogens with one attached hydrogen (secondary N) is 2. The van der Waals surface area contributed by atoms with Crippen LogP contribution in [-0.4, -0.2) is 195 Å². The van der Waals surface area contributed by atoms with E-state index in [-0.39, 0.29) is 0 Å². The summed E-state index contributed by atoms with van der Waals surface area (Å²) in [6.07, 6.45) is 0. The molecule has 0 unspecified atom stereocenters. The van der Waals surface area contributed by atoms with E-state index in [1.165, 1.54) is 0 Å². The molecule has 16 nitrogen and oxygen atoms in total. The highest BCUT2D eigenvalue weighted by molar-refractivity contribution is 6.10. The van der Waals surface area contributed by atoms with Crippen molar-refractivity contribution in [3.8, 4) is 68.5 Å². The Kier molecular flexibility index (Phi) is 12.1. The van der Waals surface area contributed by atoms with E-state index in [0.717, 1.165) is 87.9 Å². The summed E-state index contributed by atoms with van der Waals surface area (Å²) >= 11 is 0. The fourth-order valence-electron chi connectivity index (χ4n) is 8.06. The van der Waals surface area contributed by atoms with E-state index in [0.29, 0.717) is 95.3 Å². The number of nitrogens with zero attached hydrogens (tertiary/aromatic N) is 10. The van der Waals surface area contributed by atoms with Crippen LogP contribution in [0.5, 0.6) is 23.0 Å². The van der Waals surface area contributed by atoms with Gasteiger partial charge >= 0.3 is 0 Å². The summed E-state index contributed by atoms with van der Waals surface area (Å²) in [5.74, 6) is 4.54. The minimum absolute atomic E-state index is 0.452. The average Bonchev–Trinajstić information content (AvgIpc) is 3.98. The second-order valence-electron chi connectivity index (χ2n) is 21.8. The normalized spacial score (nSPS) is 12.9. The average molecular weight is 923 g/mol. The quantitative estimate of drug-likeness (QED) is 0.0955. The standard InChI is InChI=1S/C52H66N12O4/c1-61(2,3)25-29-65-37-21-13-17-33-41(37)49-53-45(33)58-50-43-35(19-15-23-39(43)67-31-27-63(7,8)9)47(55-50)60-52-44-36(20-16-24-40(44)68-32-28-64(10,11)12)48(56-52)59-51-42-34(46(54-51)57-49)18-14-22-38(42)66-30-26-62(4,5)6/h13-24H,25-32H2,1-12H3,(H2,53,54,55,56,57,58,59,60)/q+4. The first-order valence-electron chi connectivity index (χ1n) is 23.3. The Balaban J connectivity index is 1.37. The molecule has 2 aliphatic rings. The van der Waals surface area contributed by atoms with E-state index in [4.69, 9.17) is 48.9 Å². The first-order chi connectivity index (χ1) is 32.2. The van der Waals surface area contributed by atoms with Crippen molar-refractivity contribution >= 4 is 44.1 Å². The van der Waals surface area contributed by atoms with Crippen molar-refractivity contribution in [1.82, 2.24) is 39.9 Å². The number of aromatic amines is 2. The summed E-state index contributed by atoms with van der Waals surface area (Å²) in [4.78, 5) is 39.1. The van der Waals surface area contributed by atoms with Crippen molar-refractivity contribution in [3.63, 3.8) is 0 Å². The molecular formula is C52H66N12O4+4. The zero-order valence-electron chi connectivity index (χ0n) is 41.7. The number of likely N-dealkylation sites (N-methyl/N-ethyl adjacent to an activating group) is 4. The Hall–Kier alpha value is -6.72. The molecule has 16 heteroatoms. The van der Waals surface area contributed by atoms with Crippen LogP contribution in [-0.2, 0) is 0 Å². The van der Waals surface area contributed by atoms with Crippen molar-refractivity contribution in [2.45, 2.75) is 0 Å². The lowest BCUT2D eigenvalue weighted by molar-refractivity contribution is -0.870. The minimum Gasteiger partial charge on any atom is -0.487 e. The second-order valence-corrected chi connectivity index (χ2v) is 21.8. The van der Waals surface area contributed by atoms with Gasteiger partial charge in [0, 0.05) is 21.9 Å². The van der Waals surface area contributed by atoms with Gasteiger partial charge in [0.1, 0.15) is 98.2 Å². The van der Waals surface area contributed by atoms with Crippen LogP contribution < -0.4 is 18.9 Å². The molecule has 5 heterocycles. The van der Waals surface area contributed by atoms with Gasteiger partial charge in [0.15, 0.2) is 23.3 Å². The van der Waals surface area contributed by atoms with E-state index < -0.39 is 0 Å². The monoisotopic (exact) mass is 923 g/mol. The number of benzene rings is 4. The third kappa shape index (κ3) is 10.1. The van der Waals surface area contributed by atoms with Gasteiger partial charge in [0.2, 0.25) is 0 Å². The largest absolute Gasteiger partial charge is 0.487 e. The fourth-order valence-corrected chi connectivity index (χ4v) is 8.06. The number of rotatable bonds is 16. The number of H-pyrrole nitrogens is 2. The predicted octanol–water partition coefficient (Wildman–Crippen LogP) is 7.21. The van der Waals surface area contributed by atoms with Crippen molar-refractivity contribution in [2.75, 3.05) is 137 Å². The molecule has 0 spiro atoms. The van der Waals surface area contributed by atoms with Crippen LogP contribution in [0.15, 0.2) is 72.8 Å². The fraction of sp³-hybridized carbons (Fsp3) is 0.385. The molecule has 0 amide bonds. The van der Waals surface area contributed by atoms with E-state index >= 15 is 0 Å². The molecule has 68 heavy (non-hydrogen) atoms. The van der Waals surface area contributed by atoms with Crippen LogP contribution in [0, 0.1) is 0 Å². The van der Waals surface area contributed by atoms with Gasteiger partial charge in [0.25, 0.3) is 0 Å². The van der Waals surface area contributed by atoms with Crippen LogP contribution in [0.4, 0.5) is 0 Å². The molecule has 354 valence electrons. The lowest BCUT2D eigenvalue weighted by Gasteiger charge is -2.24. The highest BCUT2D eigenvalue weighted by Crippen LogP contribution is 2.44. The van der Waals surface area contributed by atoms with Gasteiger partial charge in [-0.3, -0.25) is 0 Å². The number of hydrogen-bond donors (Lipinski definition) is 2. The molecule has 2 aliphatic heterocycles. The van der Waals surface area contributed by atoms with Gasteiger partial charge in [-0.25, -0.2) is 29.9 Å². The van der Waals surface area contributed by atoms with Crippen LogP contribution in [0.25, 0.3) is 89.7 Å². The van der Waals surface area contributed by atoms with Gasteiger partial charge < -0.3 is 46.8 Å². The molecule has 0 fully saturated rings. The first-order valence-corrected chi connectivity index (χ1v) is 23.3. The molecule has 0 aliphatic carbocycles. The highest BCUT2D eigenvalue weighted by Gasteiger charge is 2.28. The Morgan fingerprint density at radius 1 is 0.353 bits per heavy atom. The molecule has 2 N–H and O–H groups in total. The lowest BCUT2D eigenvalue weighted by Crippen LogP contribution is -2.38. The number of ether oxygens (including phenoxy) is 4. The Bertz CT molecular complexity index is 2990. The Morgan fingerprint density at radius 2 is 0.662 bits per heavy atom. The van der Waals surface area contributed by atoms with Crippen LogP contribution >= 0.6 is 0 Å². The molecule has 8 bridgehead atoms. The van der Waals surface area contributed by atoms with E-state index in [1.54, 1.807) is 0 Å². The molecule has 4 aromatic carbocycles. The molecule has 3 aromatic heterocycles. The summed E-state index contributed by atoms with van der Waals surface area (Å²) in [5.41, 5.74) is 5.26. The van der Waals surface area contributed by atoms with Crippen molar-refractivity contribution < 1.29 is 36.9 Å². The first kappa shape index (κ1) is 46.4. The smallest absolute Gasteiger partial charge is 0.168 e. The molecule has 0 atom stereocenters. The van der Waals surface area contributed by atoms with E-state index in [1.807, 2.05) is 72.8 Å². The zero-order chi connectivity index (χ0) is 48.2. The number of hydrogen-bond acceptors (Lipinski definition) is 10. The summed E-state index contributed by atoms with van der Waals surface area (Å²) in [7, 11) is 25.8. The lowest BCUT2D eigenvalue weighted by atomic mass is 10.1. The maximum Gasteiger partial charge on any atom is 0.168 e. The summed E-state index contributed by atoms with van der Waals surface area (Å²) in [5, 5.41) is 3.18. The predicted molar refractivity (Wildman–Crippen MR) is 270 cm³/mol. The highest BCUT2D eigenvalue weighted by atomic mass is 16.5. The van der Waals surface area contributed by atoms with Gasteiger partial charge in [-0.2, -0.15) is 0 Å².